The van der Waals surface area contributed by atoms with Crippen LogP contribution >= 0.6 is 0 Å². The van der Waals surface area contributed by atoms with E-state index >= 15 is 0 Å². The second kappa shape index (κ2) is 8.07. The van der Waals surface area contributed by atoms with Crippen molar-refractivity contribution in [2.75, 3.05) is 17.2 Å². The molecule has 27 heavy (non-hydrogen) atoms. The van der Waals surface area contributed by atoms with Crippen molar-refractivity contribution in [1.82, 2.24) is 5.32 Å². The third-order valence-electron chi connectivity index (χ3n) is 4.36. The highest BCUT2D eigenvalue weighted by molar-refractivity contribution is 5.94. The van der Waals surface area contributed by atoms with Crippen LogP contribution in [0.1, 0.15) is 37.4 Å². The zero-order chi connectivity index (χ0) is 19.4. The lowest BCUT2D eigenvalue weighted by atomic mass is 9.98. The fourth-order valence-corrected chi connectivity index (χ4v) is 2.99. The van der Waals surface area contributed by atoms with Gasteiger partial charge < -0.3 is 20.7 Å². The van der Waals surface area contributed by atoms with Crippen molar-refractivity contribution >= 4 is 23.3 Å². The number of carbonyl (C=O) groups excluding carboxylic acids is 2. The predicted octanol–water partition coefficient (Wildman–Crippen LogP) is 3.99. The molecule has 0 spiro atoms. The molecular formula is C20H22FN3O3. The van der Waals surface area contributed by atoms with Gasteiger partial charge in [0, 0.05) is 18.2 Å². The number of aryl methyl sites for hydroxylation is 1. The minimum Gasteiger partial charge on any atom is -0.492 e. The number of hydrogen-bond acceptors (Lipinski definition) is 3. The highest BCUT2D eigenvalue weighted by atomic mass is 19.1. The molecule has 1 atom stereocenters. The van der Waals surface area contributed by atoms with Crippen LogP contribution in [0.3, 0.4) is 0 Å². The lowest BCUT2D eigenvalue weighted by molar-refractivity contribution is -0.116. The Bertz CT molecular complexity index is 870. The van der Waals surface area contributed by atoms with Crippen molar-refractivity contribution in [1.29, 1.82) is 0 Å². The maximum absolute atomic E-state index is 13.4. The number of hydrogen-bond donors (Lipinski definition) is 3. The second-order valence-electron chi connectivity index (χ2n) is 6.36. The molecule has 7 heteroatoms. The Kier molecular flexibility index (Phi) is 5.59. The highest BCUT2D eigenvalue weighted by Crippen LogP contribution is 2.27. The van der Waals surface area contributed by atoms with E-state index in [1.165, 1.54) is 18.2 Å². The first-order valence-electron chi connectivity index (χ1n) is 8.89. The molecule has 142 valence electrons. The Labute approximate surface area is 157 Å². The van der Waals surface area contributed by atoms with E-state index < -0.39 is 11.8 Å². The zero-order valence-electron chi connectivity index (χ0n) is 15.3. The topological polar surface area (TPSA) is 79.5 Å². The molecule has 0 saturated heterocycles. The Morgan fingerprint density at radius 3 is 2.85 bits per heavy atom. The monoisotopic (exact) mass is 371 g/mol. The largest absolute Gasteiger partial charge is 0.492 e. The van der Waals surface area contributed by atoms with E-state index in [0.717, 1.165) is 16.8 Å². The number of rotatable bonds is 5. The molecule has 0 fully saturated rings. The summed E-state index contributed by atoms with van der Waals surface area (Å²) in [6.07, 6.45) is 1.14. The van der Waals surface area contributed by atoms with Crippen LogP contribution in [0, 0.1) is 5.82 Å². The quantitative estimate of drug-likeness (QED) is 0.743. The van der Waals surface area contributed by atoms with E-state index in [2.05, 4.69) is 16.0 Å². The van der Waals surface area contributed by atoms with Crippen molar-refractivity contribution in [3.63, 3.8) is 0 Å². The Morgan fingerprint density at radius 2 is 2.07 bits per heavy atom. The normalized spacial score (nSPS) is 14.0. The first-order valence-corrected chi connectivity index (χ1v) is 8.89. The molecule has 2 aromatic rings. The molecule has 0 radical (unpaired) electrons. The molecule has 3 amide bonds. The number of halogens is 1. The molecule has 1 unspecified atom stereocenters. The Balaban J connectivity index is 1.67. The summed E-state index contributed by atoms with van der Waals surface area (Å²) in [6, 6.07) is 9.02. The number of fused-ring (bicyclic) bond motifs is 1. The average molecular weight is 371 g/mol. The summed E-state index contributed by atoms with van der Waals surface area (Å²) in [7, 11) is 0. The van der Waals surface area contributed by atoms with Crippen molar-refractivity contribution in [2.45, 2.75) is 32.7 Å². The number of benzene rings is 2. The summed E-state index contributed by atoms with van der Waals surface area (Å²) in [5.74, 6) is -0.131. The molecule has 0 aromatic heterocycles. The number of carbonyl (C=O) groups is 2. The predicted molar refractivity (Wildman–Crippen MR) is 102 cm³/mol. The molecule has 1 heterocycles. The summed E-state index contributed by atoms with van der Waals surface area (Å²) in [5, 5.41) is 8.39. The van der Waals surface area contributed by atoms with Crippen LogP contribution in [0.15, 0.2) is 36.4 Å². The minimum absolute atomic E-state index is 0.0187. The summed E-state index contributed by atoms with van der Waals surface area (Å²) in [5.41, 5.74) is 3.21. The number of urea groups is 1. The number of ether oxygens (including phenoxy) is 1. The minimum atomic E-state index is -0.432. The van der Waals surface area contributed by atoms with Gasteiger partial charge in [-0.2, -0.15) is 0 Å². The number of amides is 3. The molecule has 2 aromatic carbocycles. The van der Waals surface area contributed by atoms with Crippen LogP contribution in [-0.2, 0) is 11.2 Å². The fourth-order valence-electron chi connectivity index (χ4n) is 2.99. The molecule has 1 aliphatic rings. The zero-order valence-corrected chi connectivity index (χ0v) is 15.3. The van der Waals surface area contributed by atoms with E-state index in [1.807, 2.05) is 25.1 Å². The highest BCUT2D eigenvalue weighted by Gasteiger charge is 2.17. The van der Waals surface area contributed by atoms with Gasteiger partial charge in [-0.15, -0.1) is 0 Å². The van der Waals surface area contributed by atoms with Gasteiger partial charge in [-0.05, 0) is 49.6 Å². The van der Waals surface area contributed by atoms with Crippen LogP contribution in [0.2, 0.25) is 0 Å². The first-order chi connectivity index (χ1) is 13.0. The third kappa shape index (κ3) is 4.55. The molecule has 0 aliphatic carbocycles. The van der Waals surface area contributed by atoms with Crippen LogP contribution < -0.4 is 20.7 Å². The van der Waals surface area contributed by atoms with Crippen LogP contribution in [0.25, 0.3) is 0 Å². The van der Waals surface area contributed by atoms with Gasteiger partial charge in [0.05, 0.1) is 18.3 Å². The van der Waals surface area contributed by atoms with Crippen molar-refractivity contribution < 1.29 is 18.7 Å². The fraction of sp³-hybridized carbons (Fsp3) is 0.300. The van der Waals surface area contributed by atoms with E-state index in [9.17, 15) is 14.0 Å². The van der Waals surface area contributed by atoms with Gasteiger partial charge in [0.15, 0.2) is 0 Å². The van der Waals surface area contributed by atoms with Gasteiger partial charge in [-0.3, -0.25) is 4.79 Å². The molecule has 3 rings (SSSR count). The Hall–Kier alpha value is -3.09. The van der Waals surface area contributed by atoms with Gasteiger partial charge in [0.1, 0.15) is 11.6 Å². The average Bonchev–Trinajstić information content (AvgIpc) is 2.63. The maximum Gasteiger partial charge on any atom is 0.319 e. The van der Waals surface area contributed by atoms with Gasteiger partial charge >= 0.3 is 6.03 Å². The van der Waals surface area contributed by atoms with E-state index in [1.54, 1.807) is 6.92 Å². The summed E-state index contributed by atoms with van der Waals surface area (Å²) in [4.78, 5) is 23.8. The van der Waals surface area contributed by atoms with Gasteiger partial charge in [0.25, 0.3) is 0 Å². The maximum atomic E-state index is 13.4. The smallest absolute Gasteiger partial charge is 0.319 e. The number of anilines is 2. The van der Waals surface area contributed by atoms with Crippen LogP contribution in [-0.4, -0.2) is 18.5 Å². The molecule has 6 nitrogen and oxygen atoms in total. The molecule has 1 aliphatic heterocycles. The second-order valence-corrected chi connectivity index (χ2v) is 6.36. The van der Waals surface area contributed by atoms with E-state index in [-0.39, 0.29) is 17.7 Å². The summed E-state index contributed by atoms with van der Waals surface area (Å²) < 4.78 is 18.7. The standard InChI is InChI=1S/C20H22FN3O3/c1-3-27-18-11-15(21)6-8-17(18)24-20(26)22-12(2)13-4-7-16-14(10-13)5-9-19(25)23-16/h4,6-8,10-12H,3,5,9H2,1-2H3,(H,23,25)(H2,22,24,26). The van der Waals surface area contributed by atoms with E-state index in [0.29, 0.717) is 25.1 Å². The Morgan fingerprint density at radius 1 is 1.26 bits per heavy atom. The van der Waals surface area contributed by atoms with Crippen LogP contribution in [0.5, 0.6) is 5.75 Å². The summed E-state index contributed by atoms with van der Waals surface area (Å²) >= 11 is 0. The molecule has 0 bridgehead atoms. The molecule has 0 saturated carbocycles. The van der Waals surface area contributed by atoms with Crippen molar-refractivity contribution in [2.24, 2.45) is 0 Å². The van der Waals surface area contributed by atoms with Gasteiger partial charge in [-0.1, -0.05) is 12.1 Å². The lowest BCUT2D eigenvalue weighted by Gasteiger charge is -2.21. The van der Waals surface area contributed by atoms with Crippen molar-refractivity contribution in [3.8, 4) is 5.75 Å². The summed E-state index contributed by atoms with van der Waals surface area (Å²) in [6.45, 7) is 4.02. The molecule has 3 N–H and O–H groups in total. The lowest BCUT2D eigenvalue weighted by Crippen LogP contribution is -2.31. The third-order valence-corrected chi connectivity index (χ3v) is 4.36. The number of nitrogens with one attached hydrogen (secondary N) is 3. The van der Waals surface area contributed by atoms with Gasteiger partial charge in [0.2, 0.25) is 5.91 Å². The van der Waals surface area contributed by atoms with Crippen LogP contribution in [0.4, 0.5) is 20.6 Å². The SMILES string of the molecule is CCOc1cc(F)ccc1NC(=O)NC(C)c1ccc2c(c1)CCC(=O)N2. The first kappa shape index (κ1) is 18.7. The molecular weight excluding hydrogens is 349 g/mol. The van der Waals surface area contributed by atoms with E-state index in [4.69, 9.17) is 4.74 Å². The van der Waals surface area contributed by atoms with Gasteiger partial charge in [-0.25, -0.2) is 9.18 Å². The van der Waals surface area contributed by atoms with Crippen molar-refractivity contribution in [3.05, 3.63) is 53.3 Å².